The lowest BCUT2D eigenvalue weighted by molar-refractivity contribution is 0.411. The van der Waals surface area contributed by atoms with Crippen molar-refractivity contribution in [2.24, 2.45) is 0 Å². The van der Waals surface area contributed by atoms with Crippen LogP contribution in [0.1, 0.15) is 6.92 Å². The third kappa shape index (κ3) is 6.43. The second-order valence-corrected chi connectivity index (χ2v) is 15.2. The summed E-state index contributed by atoms with van der Waals surface area (Å²) in [6.45, 7) is 17.4. The minimum atomic E-state index is -1.19. The van der Waals surface area contributed by atoms with E-state index < -0.39 is 16.5 Å². The molecular formula is C9H25N2Si2. The number of nitrogens with zero attached hydrogens (tertiary/aromatic N) is 1. The summed E-state index contributed by atoms with van der Waals surface area (Å²) in [7, 11) is -2.37. The molecule has 0 aromatic rings. The highest BCUT2D eigenvalue weighted by Gasteiger charge is 2.27. The van der Waals surface area contributed by atoms with Crippen LogP contribution < -0.4 is 5.09 Å². The lowest BCUT2D eigenvalue weighted by Gasteiger charge is -2.39. The first kappa shape index (κ1) is 13.4. The van der Waals surface area contributed by atoms with Crippen LogP contribution in [0.2, 0.25) is 39.3 Å². The standard InChI is InChI=1S/C9H25N2Si2/c1-8-9-11(13(5,6)7)10-12(2,3)4/h8,10H,9H2,1-7H3. The van der Waals surface area contributed by atoms with Gasteiger partial charge >= 0.3 is 0 Å². The molecule has 0 bridgehead atoms. The van der Waals surface area contributed by atoms with Gasteiger partial charge < -0.3 is 0 Å². The molecule has 0 aliphatic carbocycles. The molecule has 0 aromatic heterocycles. The van der Waals surface area contributed by atoms with Crippen molar-refractivity contribution in [1.82, 2.24) is 9.77 Å². The maximum atomic E-state index is 3.70. The second kappa shape index (κ2) is 4.73. The first-order chi connectivity index (χ1) is 5.67. The van der Waals surface area contributed by atoms with Gasteiger partial charge in [-0.05, 0) is 6.42 Å². The zero-order chi connectivity index (χ0) is 10.7. The normalized spacial score (nSPS) is 13.8. The number of nitrogens with one attached hydrogen (secondary N) is 1. The summed E-state index contributed by atoms with van der Waals surface area (Å²) in [5, 5.41) is 3.70. The Morgan fingerprint density at radius 3 is 1.77 bits per heavy atom. The van der Waals surface area contributed by atoms with E-state index in [2.05, 4.69) is 62.4 Å². The predicted octanol–water partition coefficient (Wildman–Crippen LogP) is 2.69. The Labute approximate surface area is 85.9 Å². The summed E-state index contributed by atoms with van der Waals surface area (Å²) in [5.74, 6) is 0. The SMILES string of the molecule is C[CH]CN(N[Si](C)(C)C)[Si](C)(C)C. The van der Waals surface area contributed by atoms with Crippen molar-refractivity contribution in [3.05, 3.63) is 6.42 Å². The van der Waals surface area contributed by atoms with Gasteiger partial charge in [-0.2, -0.15) is 0 Å². The number of hydrogen-bond acceptors (Lipinski definition) is 2. The van der Waals surface area contributed by atoms with Gasteiger partial charge in [-0.25, -0.2) is 0 Å². The van der Waals surface area contributed by atoms with Crippen molar-refractivity contribution in [3.63, 3.8) is 0 Å². The maximum Gasteiger partial charge on any atom is 0.135 e. The average molecular weight is 217 g/mol. The second-order valence-electron chi connectivity index (χ2n) is 5.55. The Kier molecular flexibility index (Phi) is 4.86. The van der Waals surface area contributed by atoms with Crippen LogP contribution in [0.15, 0.2) is 0 Å². The molecule has 13 heavy (non-hydrogen) atoms. The van der Waals surface area contributed by atoms with Crippen LogP contribution in [0.4, 0.5) is 0 Å². The minimum Gasteiger partial charge on any atom is -0.283 e. The van der Waals surface area contributed by atoms with Crippen molar-refractivity contribution in [2.75, 3.05) is 6.54 Å². The Balaban J connectivity index is 4.27. The molecule has 0 unspecified atom stereocenters. The zero-order valence-corrected chi connectivity index (χ0v) is 12.2. The van der Waals surface area contributed by atoms with E-state index in [1.807, 2.05) is 0 Å². The van der Waals surface area contributed by atoms with Gasteiger partial charge in [0.1, 0.15) is 16.5 Å². The van der Waals surface area contributed by atoms with Gasteiger partial charge in [-0.15, -0.1) is 0 Å². The van der Waals surface area contributed by atoms with Crippen molar-refractivity contribution < 1.29 is 0 Å². The fraction of sp³-hybridized carbons (Fsp3) is 0.889. The molecule has 0 atom stereocenters. The number of hydrogen-bond donors (Lipinski definition) is 1. The van der Waals surface area contributed by atoms with Crippen molar-refractivity contribution in [1.29, 1.82) is 0 Å². The molecule has 0 aromatic carbocycles. The van der Waals surface area contributed by atoms with Gasteiger partial charge in [0.25, 0.3) is 0 Å². The largest absolute Gasteiger partial charge is 0.283 e. The fourth-order valence-electron chi connectivity index (χ4n) is 1.07. The van der Waals surface area contributed by atoms with Gasteiger partial charge in [-0.3, -0.25) is 9.77 Å². The lowest BCUT2D eigenvalue weighted by Crippen LogP contribution is -2.62. The minimum absolute atomic E-state index is 1.07. The summed E-state index contributed by atoms with van der Waals surface area (Å²) >= 11 is 0. The summed E-state index contributed by atoms with van der Waals surface area (Å²) in [5.41, 5.74) is 0. The molecule has 0 heterocycles. The van der Waals surface area contributed by atoms with Crippen LogP contribution in [-0.2, 0) is 0 Å². The quantitative estimate of drug-likeness (QED) is 0.563. The van der Waals surface area contributed by atoms with Crippen molar-refractivity contribution in [3.8, 4) is 0 Å². The first-order valence-corrected chi connectivity index (χ1v) is 11.9. The Morgan fingerprint density at radius 1 is 1.08 bits per heavy atom. The molecule has 79 valence electrons. The Hall–Kier alpha value is 0.354. The lowest BCUT2D eigenvalue weighted by atomic mass is 10.5. The molecule has 0 saturated heterocycles. The molecule has 0 saturated carbocycles. The average Bonchev–Trinajstić information content (AvgIpc) is 1.81. The predicted molar refractivity (Wildman–Crippen MR) is 66.5 cm³/mol. The third-order valence-electron chi connectivity index (χ3n) is 1.65. The van der Waals surface area contributed by atoms with Gasteiger partial charge in [0.2, 0.25) is 0 Å². The Bertz CT molecular complexity index is 147. The van der Waals surface area contributed by atoms with Gasteiger partial charge in [0.05, 0.1) is 0 Å². The topological polar surface area (TPSA) is 15.3 Å². The maximum absolute atomic E-state index is 3.70. The van der Waals surface area contributed by atoms with Crippen LogP contribution in [0.25, 0.3) is 0 Å². The molecule has 0 fully saturated rings. The highest BCUT2D eigenvalue weighted by molar-refractivity contribution is 6.77. The van der Waals surface area contributed by atoms with Crippen LogP contribution >= 0.6 is 0 Å². The van der Waals surface area contributed by atoms with Gasteiger partial charge in [-0.1, -0.05) is 46.2 Å². The summed E-state index contributed by atoms with van der Waals surface area (Å²) in [6.07, 6.45) is 2.23. The van der Waals surface area contributed by atoms with E-state index in [-0.39, 0.29) is 0 Å². The molecule has 0 rings (SSSR count). The zero-order valence-electron chi connectivity index (χ0n) is 10.2. The molecule has 4 heteroatoms. The Morgan fingerprint density at radius 2 is 1.54 bits per heavy atom. The molecule has 0 spiro atoms. The van der Waals surface area contributed by atoms with Gasteiger partial charge in [0.15, 0.2) is 0 Å². The molecule has 2 nitrogen and oxygen atoms in total. The van der Waals surface area contributed by atoms with E-state index in [9.17, 15) is 0 Å². The number of hydrazine groups is 1. The molecule has 1 radical (unpaired) electrons. The van der Waals surface area contributed by atoms with Crippen LogP contribution in [0.3, 0.4) is 0 Å². The van der Waals surface area contributed by atoms with Crippen molar-refractivity contribution >= 4 is 16.5 Å². The summed E-state index contributed by atoms with van der Waals surface area (Å²) < 4.78 is 2.47. The van der Waals surface area contributed by atoms with Crippen LogP contribution in [0.5, 0.6) is 0 Å². The molecular weight excluding hydrogens is 192 g/mol. The molecule has 0 aliphatic heterocycles. The molecule has 1 N–H and O–H groups in total. The number of rotatable bonds is 5. The molecule has 0 aliphatic rings. The van der Waals surface area contributed by atoms with E-state index in [0.717, 1.165) is 6.54 Å². The summed E-state index contributed by atoms with van der Waals surface area (Å²) in [4.78, 5) is 0. The van der Waals surface area contributed by atoms with Gasteiger partial charge in [0, 0.05) is 6.54 Å². The summed E-state index contributed by atoms with van der Waals surface area (Å²) in [6, 6.07) is 0. The monoisotopic (exact) mass is 217 g/mol. The van der Waals surface area contributed by atoms with Crippen LogP contribution in [0, 0.1) is 6.42 Å². The molecule has 0 amide bonds. The van der Waals surface area contributed by atoms with E-state index in [1.54, 1.807) is 0 Å². The fourth-order valence-corrected chi connectivity index (χ4v) is 5.05. The van der Waals surface area contributed by atoms with E-state index in [1.165, 1.54) is 0 Å². The highest BCUT2D eigenvalue weighted by atomic mass is 28.3. The van der Waals surface area contributed by atoms with E-state index >= 15 is 0 Å². The van der Waals surface area contributed by atoms with Crippen molar-refractivity contribution in [2.45, 2.75) is 46.2 Å². The van der Waals surface area contributed by atoms with E-state index in [4.69, 9.17) is 0 Å². The van der Waals surface area contributed by atoms with Crippen LogP contribution in [-0.4, -0.2) is 27.7 Å². The van der Waals surface area contributed by atoms with E-state index in [0.29, 0.717) is 0 Å². The third-order valence-corrected chi connectivity index (χ3v) is 4.72. The highest BCUT2D eigenvalue weighted by Crippen LogP contribution is 2.09. The first-order valence-electron chi connectivity index (χ1n) is 5.00. The smallest absolute Gasteiger partial charge is 0.135 e.